The van der Waals surface area contributed by atoms with Crippen LogP contribution in [0.5, 0.6) is 0 Å². The van der Waals surface area contributed by atoms with Crippen LogP contribution in [0.4, 0.5) is 5.82 Å². The van der Waals surface area contributed by atoms with Crippen molar-refractivity contribution in [3.8, 4) is 0 Å². The third-order valence-corrected chi connectivity index (χ3v) is 3.74. The van der Waals surface area contributed by atoms with E-state index in [1.165, 1.54) is 23.3 Å². The minimum absolute atomic E-state index is 0.102. The summed E-state index contributed by atoms with van der Waals surface area (Å²) in [5, 5.41) is 3.81. The second-order valence-corrected chi connectivity index (χ2v) is 5.91. The van der Waals surface area contributed by atoms with Crippen LogP contribution in [0.3, 0.4) is 0 Å². The summed E-state index contributed by atoms with van der Waals surface area (Å²) in [6.07, 6.45) is 4.21. The van der Waals surface area contributed by atoms with Gasteiger partial charge in [-0.1, -0.05) is 0 Å². The number of hydrogen-bond donors (Lipinski definition) is 1. The molecule has 90 valence electrons. The maximum atomic E-state index is 11.9. The lowest BCUT2D eigenvalue weighted by molar-refractivity contribution is 0.601. The molecular weight excluding hydrogens is 308 g/mol. The van der Waals surface area contributed by atoms with E-state index in [0.29, 0.717) is 0 Å². The van der Waals surface area contributed by atoms with Gasteiger partial charge in [-0.15, -0.1) is 0 Å². The number of hydrogen-bond acceptors (Lipinski definition) is 4. The van der Waals surface area contributed by atoms with Gasteiger partial charge in [0.25, 0.3) is 10.0 Å². The number of aromatic nitrogens is 3. The van der Waals surface area contributed by atoms with Crippen LogP contribution in [0.1, 0.15) is 0 Å². The van der Waals surface area contributed by atoms with Gasteiger partial charge in [-0.3, -0.25) is 9.40 Å². The molecule has 0 fully saturated rings. The van der Waals surface area contributed by atoms with E-state index in [1.54, 1.807) is 19.2 Å². The summed E-state index contributed by atoms with van der Waals surface area (Å²) in [6.45, 7) is 0. The molecule has 0 amide bonds. The van der Waals surface area contributed by atoms with Crippen LogP contribution in [-0.2, 0) is 17.1 Å². The molecule has 0 aromatic carbocycles. The van der Waals surface area contributed by atoms with Crippen LogP contribution >= 0.6 is 15.9 Å². The Kier molecular flexibility index (Phi) is 3.16. The van der Waals surface area contributed by atoms with Crippen molar-refractivity contribution in [3.63, 3.8) is 0 Å². The van der Waals surface area contributed by atoms with Crippen LogP contribution in [0.2, 0.25) is 0 Å². The molecule has 6 nitrogen and oxygen atoms in total. The fourth-order valence-electron chi connectivity index (χ4n) is 1.17. The summed E-state index contributed by atoms with van der Waals surface area (Å²) in [4.78, 5) is 4.03. The summed E-state index contributed by atoms with van der Waals surface area (Å²) in [5.41, 5.74) is 0. The van der Waals surface area contributed by atoms with Gasteiger partial charge in [0.15, 0.2) is 0 Å². The predicted molar refractivity (Wildman–Crippen MR) is 66.0 cm³/mol. The topological polar surface area (TPSA) is 76.9 Å². The number of sulfonamides is 1. The Balaban J connectivity index is 2.26. The number of nitrogens with one attached hydrogen (secondary N) is 1. The van der Waals surface area contributed by atoms with E-state index in [2.05, 4.69) is 30.7 Å². The van der Waals surface area contributed by atoms with Gasteiger partial charge in [-0.05, 0) is 28.1 Å². The first-order valence-corrected chi connectivity index (χ1v) is 6.88. The highest BCUT2D eigenvalue weighted by atomic mass is 79.9. The minimum Gasteiger partial charge on any atom is -0.274 e. The average molecular weight is 317 g/mol. The van der Waals surface area contributed by atoms with Gasteiger partial charge < -0.3 is 0 Å². The monoisotopic (exact) mass is 316 g/mol. The van der Waals surface area contributed by atoms with Crippen LogP contribution in [0.15, 0.2) is 40.1 Å². The molecule has 0 atom stereocenters. The number of aryl methyl sites for hydroxylation is 1. The van der Waals surface area contributed by atoms with Gasteiger partial charge in [-0.25, -0.2) is 13.4 Å². The quantitative estimate of drug-likeness (QED) is 0.928. The lowest BCUT2D eigenvalue weighted by Gasteiger charge is -2.04. The number of rotatable bonds is 3. The first-order valence-electron chi connectivity index (χ1n) is 4.60. The normalized spacial score (nSPS) is 11.4. The molecule has 0 aliphatic heterocycles. The number of anilines is 1. The van der Waals surface area contributed by atoms with Crippen molar-refractivity contribution >= 4 is 31.8 Å². The van der Waals surface area contributed by atoms with Gasteiger partial charge in [0.1, 0.15) is 10.7 Å². The largest absolute Gasteiger partial charge is 0.274 e. The summed E-state index contributed by atoms with van der Waals surface area (Å²) in [5.74, 6) is 0.261. The minimum atomic E-state index is -3.62. The number of pyridine rings is 1. The van der Waals surface area contributed by atoms with Crippen LogP contribution in [-0.4, -0.2) is 23.2 Å². The highest BCUT2D eigenvalue weighted by Crippen LogP contribution is 2.15. The summed E-state index contributed by atoms with van der Waals surface area (Å²) < 4.78 is 28.3. The molecule has 2 aromatic heterocycles. The molecule has 2 rings (SSSR count). The van der Waals surface area contributed by atoms with Crippen molar-refractivity contribution in [1.82, 2.24) is 14.8 Å². The standard InChI is InChI=1S/C9H9BrN4O2S/c1-14-6-8(5-12-14)17(15,16)13-9-3-2-7(10)4-11-9/h2-6H,1H3,(H,11,13). The lowest BCUT2D eigenvalue weighted by atomic mass is 10.5. The van der Waals surface area contributed by atoms with E-state index in [1.807, 2.05) is 0 Å². The molecule has 2 heterocycles. The summed E-state index contributed by atoms with van der Waals surface area (Å²) >= 11 is 3.22. The molecule has 0 bridgehead atoms. The third kappa shape index (κ3) is 2.83. The molecule has 0 aliphatic carbocycles. The molecule has 0 radical (unpaired) electrons. The van der Waals surface area contributed by atoms with E-state index < -0.39 is 10.0 Å². The van der Waals surface area contributed by atoms with Crippen molar-refractivity contribution in [2.24, 2.45) is 7.05 Å². The van der Waals surface area contributed by atoms with Crippen LogP contribution < -0.4 is 4.72 Å². The second kappa shape index (κ2) is 4.46. The molecule has 2 aromatic rings. The first kappa shape index (κ1) is 12.1. The molecule has 0 saturated heterocycles. The molecule has 17 heavy (non-hydrogen) atoms. The van der Waals surface area contributed by atoms with Gasteiger partial charge in [0.05, 0.1) is 6.20 Å². The molecule has 0 saturated carbocycles. The van der Waals surface area contributed by atoms with Crippen molar-refractivity contribution in [1.29, 1.82) is 0 Å². The average Bonchev–Trinajstić information content (AvgIpc) is 2.69. The maximum Gasteiger partial charge on any atom is 0.266 e. The zero-order valence-corrected chi connectivity index (χ0v) is 11.2. The van der Waals surface area contributed by atoms with E-state index >= 15 is 0 Å². The van der Waals surface area contributed by atoms with Crippen molar-refractivity contribution < 1.29 is 8.42 Å². The zero-order chi connectivity index (χ0) is 12.5. The molecule has 1 N–H and O–H groups in total. The highest BCUT2D eigenvalue weighted by molar-refractivity contribution is 9.10. The fraction of sp³-hybridized carbons (Fsp3) is 0.111. The smallest absolute Gasteiger partial charge is 0.266 e. The Morgan fingerprint density at radius 1 is 1.35 bits per heavy atom. The Bertz CT molecular complexity index is 621. The first-order chi connectivity index (χ1) is 7.97. The van der Waals surface area contributed by atoms with Gasteiger partial charge in [-0.2, -0.15) is 5.10 Å². The van der Waals surface area contributed by atoms with Crippen molar-refractivity contribution in [2.45, 2.75) is 4.90 Å². The molecule has 0 spiro atoms. The van der Waals surface area contributed by atoms with E-state index in [0.717, 1.165) is 4.47 Å². The van der Waals surface area contributed by atoms with E-state index in [4.69, 9.17) is 0 Å². The van der Waals surface area contributed by atoms with Crippen LogP contribution in [0.25, 0.3) is 0 Å². The predicted octanol–water partition coefficient (Wildman–Crippen LogP) is 1.38. The molecule has 0 unspecified atom stereocenters. The fourth-order valence-corrected chi connectivity index (χ4v) is 2.40. The maximum absolute atomic E-state index is 11.9. The Hall–Kier alpha value is -1.41. The van der Waals surface area contributed by atoms with Crippen molar-refractivity contribution in [3.05, 3.63) is 35.2 Å². The SMILES string of the molecule is Cn1cc(S(=O)(=O)Nc2ccc(Br)cn2)cn1. The second-order valence-electron chi connectivity index (χ2n) is 3.32. The molecule has 0 aliphatic rings. The Morgan fingerprint density at radius 3 is 2.65 bits per heavy atom. The zero-order valence-electron chi connectivity index (χ0n) is 8.83. The van der Waals surface area contributed by atoms with Gasteiger partial charge >= 0.3 is 0 Å². The van der Waals surface area contributed by atoms with Gasteiger partial charge in [0.2, 0.25) is 0 Å². The lowest BCUT2D eigenvalue weighted by Crippen LogP contribution is -2.13. The summed E-state index contributed by atoms with van der Waals surface area (Å²) in [7, 11) is -1.97. The van der Waals surface area contributed by atoms with E-state index in [9.17, 15) is 8.42 Å². The highest BCUT2D eigenvalue weighted by Gasteiger charge is 2.16. The van der Waals surface area contributed by atoms with Gasteiger partial charge in [0, 0.05) is 23.9 Å². The number of nitrogens with zero attached hydrogens (tertiary/aromatic N) is 3. The molecular formula is C9H9BrN4O2S. The summed E-state index contributed by atoms with van der Waals surface area (Å²) in [6, 6.07) is 3.27. The Morgan fingerprint density at radius 2 is 2.12 bits per heavy atom. The molecule has 8 heteroatoms. The van der Waals surface area contributed by atoms with Crippen LogP contribution in [0, 0.1) is 0 Å². The van der Waals surface area contributed by atoms with E-state index in [-0.39, 0.29) is 10.7 Å². The Labute approximate surface area is 107 Å². The third-order valence-electron chi connectivity index (χ3n) is 1.96. The van der Waals surface area contributed by atoms with Crippen molar-refractivity contribution in [2.75, 3.05) is 4.72 Å². The number of halogens is 1.